The summed E-state index contributed by atoms with van der Waals surface area (Å²) in [4.78, 5) is 22.8. The van der Waals surface area contributed by atoms with E-state index in [2.05, 4.69) is 20.6 Å². The lowest BCUT2D eigenvalue weighted by atomic mass is 9.99. The fraction of sp³-hybridized carbons (Fsp3) is 0.688. The second kappa shape index (κ2) is 6.72. The van der Waals surface area contributed by atoms with Gasteiger partial charge in [0, 0.05) is 31.7 Å². The summed E-state index contributed by atoms with van der Waals surface area (Å²) in [5.41, 5.74) is 1.47. The third kappa shape index (κ3) is 3.89. The molecule has 1 aromatic rings. The predicted octanol–water partition coefficient (Wildman–Crippen LogP) is 2.37. The van der Waals surface area contributed by atoms with Gasteiger partial charge in [-0.15, -0.1) is 0 Å². The second-order valence-electron chi connectivity index (χ2n) is 7.17. The molecule has 0 spiro atoms. The van der Waals surface area contributed by atoms with Gasteiger partial charge in [-0.05, 0) is 45.2 Å². The van der Waals surface area contributed by atoms with Crippen molar-refractivity contribution in [3.8, 4) is 0 Å². The molecule has 2 aliphatic rings. The maximum atomic E-state index is 12.4. The first-order valence-electron chi connectivity index (χ1n) is 8.35. The molecule has 0 bridgehead atoms. The molecule has 1 atom stereocenters. The number of carbonyl (C=O) groups is 1. The standard InChI is InChI=1S/C16H24ClN5O2/c1-16(2,3)24-15(23)22-8-7-18-11(9-22)12-10-5-4-6-19-13(10)21-14(17)20-12/h11,18H,4-9H2,1-3H3,(H,19,20,21). The van der Waals surface area contributed by atoms with Crippen LogP contribution in [-0.2, 0) is 11.2 Å². The molecule has 1 amide bonds. The number of nitrogens with zero attached hydrogens (tertiary/aromatic N) is 3. The molecule has 1 fully saturated rings. The van der Waals surface area contributed by atoms with E-state index in [0.717, 1.165) is 36.5 Å². The molecular weight excluding hydrogens is 330 g/mol. The highest BCUT2D eigenvalue weighted by atomic mass is 35.5. The van der Waals surface area contributed by atoms with E-state index in [1.54, 1.807) is 4.90 Å². The zero-order chi connectivity index (χ0) is 17.3. The molecule has 7 nitrogen and oxygen atoms in total. The fourth-order valence-electron chi connectivity index (χ4n) is 3.05. The molecule has 3 rings (SSSR count). The molecule has 24 heavy (non-hydrogen) atoms. The maximum Gasteiger partial charge on any atom is 0.410 e. The summed E-state index contributed by atoms with van der Waals surface area (Å²) in [6.45, 7) is 8.32. The van der Waals surface area contributed by atoms with Crippen LogP contribution in [0.1, 0.15) is 44.5 Å². The number of nitrogens with one attached hydrogen (secondary N) is 2. The van der Waals surface area contributed by atoms with Gasteiger partial charge in [0.15, 0.2) is 0 Å². The third-order valence-corrected chi connectivity index (χ3v) is 4.23. The van der Waals surface area contributed by atoms with Crippen molar-refractivity contribution in [2.24, 2.45) is 0 Å². The number of rotatable bonds is 1. The van der Waals surface area contributed by atoms with Crippen LogP contribution in [0.3, 0.4) is 0 Å². The van der Waals surface area contributed by atoms with E-state index in [1.807, 2.05) is 20.8 Å². The van der Waals surface area contributed by atoms with Gasteiger partial charge in [-0.1, -0.05) is 0 Å². The molecule has 132 valence electrons. The van der Waals surface area contributed by atoms with Gasteiger partial charge in [-0.2, -0.15) is 0 Å². The minimum absolute atomic E-state index is 0.0691. The molecule has 8 heteroatoms. The Bertz CT molecular complexity index is 632. The molecule has 0 aliphatic carbocycles. The first-order chi connectivity index (χ1) is 11.3. The van der Waals surface area contributed by atoms with Crippen molar-refractivity contribution in [1.82, 2.24) is 20.2 Å². The van der Waals surface area contributed by atoms with Crippen LogP contribution >= 0.6 is 11.6 Å². The van der Waals surface area contributed by atoms with Crippen LogP contribution < -0.4 is 10.6 Å². The van der Waals surface area contributed by atoms with Gasteiger partial charge in [-0.3, -0.25) is 0 Å². The van der Waals surface area contributed by atoms with E-state index >= 15 is 0 Å². The number of halogens is 1. The number of aromatic nitrogens is 2. The number of anilines is 1. The van der Waals surface area contributed by atoms with Crippen LogP contribution in [0, 0.1) is 0 Å². The first-order valence-corrected chi connectivity index (χ1v) is 8.73. The summed E-state index contributed by atoms with van der Waals surface area (Å²) in [5.74, 6) is 0.812. The number of ether oxygens (including phenoxy) is 1. The van der Waals surface area contributed by atoms with Crippen molar-refractivity contribution in [2.45, 2.75) is 45.3 Å². The van der Waals surface area contributed by atoms with Crippen LogP contribution in [0.5, 0.6) is 0 Å². The molecule has 0 aromatic carbocycles. The Morgan fingerprint density at radius 2 is 2.12 bits per heavy atom. The van der Waals surface area contributed by atoms with Crippen LogP contribution in [0.2, 0.25) is 5.28 Å². The van der Waals surface area contributed by atoms with Crippen molar-refractivity contribution in [3.05, 3.63) is 16.5 Å². The van der Waals surface area contributed by atoms with E-state index in [-0.39, 0.29) is 17.4 Å². The lowest BCUT2D eigenvalue weighted by Gasteiger charge is -2.35. The summed E-state index contributed by atoms with van der Waals surface area (Å²) < 4.78 is 5.49. The Balaban J connectivity index is 1.80. The van der Waals surface area contributed by atoms with Crippen molar-refractivity contribution in [3.63, 3.8) is 0 Å². The number of hydrogen-bond acceptors (Lipinski definition) is 6. The Labute approximate surface area is 147 Å². The highest BCUT2D eigenvalue weighted by Gasteiger charge is 2.31. The average molecular weight is 354 g/mol. The quantitative estimate of drug-likeness (QED) is 0.754. The van der Waals surface area contributed by atoms with Gasteiger partial charge in [-0.25, -0.2) is 14.8 Å². The smallest absolute Gasteiger partial charge is 0.410 e. The summed E-state index contributed by atoms with van der Waals surface area (Å²) in [5, 5.41) is 6.94. The van der Waals surface area contributed by atoms with E-state index in [0.29, 0.717) is 19.6 Å². The maximum absolute atomic E-state index is 12.4. The Morgan fingerprint density at radius 1 is 1.33 bits per heavy atom. The highest BCUT2D eigenvalue weighted by Crippen LogP contribution is 2.29. The summed E-state index contributed by atoms with van der Waals surface area (Å²) >= 11 is 6.09. The third-order valence-electron chi connectivity index (χ3n) is 4.06. The van der Waals surface area contributed by atoms with Gasteiger partial charge in [0.1, 0.15) is 11.4 Å². The normalized spacial score (nSPS) is 21.0. The zero-order valence-electron chi connectivity index (χ0n) is 14.4. The summed E-state index contributed by atoms with van der Waals surface area (Å²) in [6, 6.07) is -0.0691. The molecule has 2 N–H and O–H groups in total. The molecule has 1 saturated heterocycles. The molecule has 0 saturated carbocycles. The second-order valence-corrected chi connectivity index (χ2v) is 7.51. The lowest BCUT2D eigenvalue weighted by molar-refractivity contribution is 0.0193. The van der Waals surface area contributed by atoms with Gasteiger partial charge in [0.05, 0.1) is 11.7 Å². The van der Waals surface area contributed by atoms with Gasteiger partial charge >= 0.3 is 6.09 Å². The highest BCUT2D eigenvalue weighted by molar-refractivity contribution is 6.28. The molecule has 2 aliphatic heterocycles. The summed E-state index contributed by atoms with van der Waals surface area (Å²) in [7, 11) is 0. The number of fused-ring (bicyclic) bond motifs is 1. The molecule has 1 aromatic heterocycles. The Morgan fingerprint density at radius 3 is 2.88 bits per heavy atom. The van der Waals surface area contributed by atoms with E-state index in [4.69, 9.17) is 16.3 Å². The van der Waals surface area contributed by atoms with Crippen LogP contribution in [0.15, 0.2) is 0 Å². The van der Waals surface area contributed by atoms with Gasteiger partial charge in [0.25, 0.3) is 0 Å². The largest absolute Gasteiger partial charge is 0.444 e. The average Bonchev–Trinajstić information content (AvgIpc) is 2.52. The number of hydrogen-bond donors (Lipinski definition) is 2. The van der Waals surface area contributed by atoms with E-state index < -0.39 is 5.60 Å². The van der Waals surface area contributed by atoms with Crippen molar-refractivity contribution in [1.29, 1.82) is 0 Å². The van der Waals surface area contributed by atoms with Crippen molar-refractivity contribution >= 4 is 23.5 Å². The molecular formula is C16H24ClN5O2. The van der Waals surface area contributed by atoms with Crippen LogP contribution in [-0.4, -0.2) is 52.7 Å². The minimum Gasteiger partial charge on any atom is -0.444 e. The number of piperazine rings is 1. The monoisotopic (exact) mass is 353 g/mol. The van der Waals surface area contributed by atoms with E-state index in [9.17, 15) is 4.79 Å². The predicted molar refractivity (Wildman–Crippen MR) is 92.4 cm³/mol. The molecule has 3 heterocycles. The topological polar surface area (TPSA) is 79.4 Å². The summed E-state index contributed by atoms with van der Waals surface area (Å²) in [6.07, 6.45) is 1.66. The van der Waals surface area contributed by atoms with E-state index in [1.165, 1.54) is 0 Å². The number of amides is 1. The zero-order valence-corrected chi connectivity index (χ0v) is 15.1. The van der Waals surface area contributed by atoms with Gasteiger partial charge in [0.2, 0.25) is 5.28 Å². The number of carbonyl (C=O) groups excluding carboxylic acids is 1. The van der Waals surface area contributed by atoms with Crippen LogP contribution in [0.4, 0.5) is 10.6 Å². The van der Waals surface area contributed by atoms with Gasteiger partial charge < -0.3 is 20.3 Å². The Kier molecular flexibility index (Phi) is 4.83. The van der Waals surface area contributed by atoms with Crippen molar-refractivity contribution < 1.29 is 9.53 Å². The van der Waals surface area contributed by atoms with Crippen LogP contribution in [0.25, 0.3) is 0 Å². The molecule has 1 unspecified atom stereocenters. The van der Waals surface area contributed by atoms with Crippen molar-refractivity contribution in [2.75, 3.05) is 31.5 Å². The SMILES string of the molecule is CC(C)(C)OC(=O)N1CCNC(c2nc(Cl)nc3c2CCCN3)C1. The lowest BCUT2D eigenvalue weighted by Crippen LogP contribution is -2.50. The minimum atomic E-state index is -0.501. The molecule has 0 radical (unpaired) electrons. The fourth-order valence-corrected chi connectivity index (χ4v) is 3.23. The Hall–Kier alpha value is -1.60. The first kappa shape index (κ1) is 17.2.